The van der Waals surface area contributed by atoms with Crippen molar-refractivity contribution in [2.24, 2.45) is 0 Å². The van der Waals surface area contributed by atoms with E-state index in [0.29, 0.717) is 42.8 Å². The monoisotopic (exact) mass is 441 g/mol. The molecule has 8 nitrogen and oxygen atoms in total. The highest BCUT2D eigenvalue weighted by Crippen LogP contribution is 2.25. The van der Waals surface area contributed by atoms with Crippen molar-refractivity contribution in [2.75, 3.05) is 26.2 Å². The first-order chi connectivity index (χ1) is 15.0. The molecule has 2 aromatic heterocycles. The van der Waals surface area contributed by atoms with Crippen molar-refractivity contribution in [2.45, 2.75) is 37.6 Å². The summed E-state index contributed by atoms with van der Waals surface area (Å²) in [5, 5.41) is 4.06. The van der Waals surface area contributed by atoms with Gasteiger partial charge < -0.3 is 4.52 Å². The summed E-state index contributed by atoms with van der Waals surface area (Å²) in [4.78, 5) is 11.1. The predicted octanol–water partition coefficient (Wildman–Crippen LogP) is 3.15. The third kappa shape index (κ3) is 4.68. The summed E-state index contributed by atoms with van der Waals surface area (Å²) in [6.45, 7) is 6.15. The lowest BCUT2D eigenvalue weighted by molar-refractivity contribution is 0.124. The predicted molar refractivity (Wildman–Crippen MR) is 117 cm³/mol. The molecule has 1 unspecified atom stereocenters. The number of nitrogens with zero attached hydrogens (tertiary/aromatic N) is 5. The Balaban J connectivity index is 1.39. The number of pyridine rings is 1. The summed E-state index contributed by atoms with van der Waals surface area (Å²) < 4.78 is 33.1. The summed E-state index contributed by atoms with van der Waals surface area (Å²) in [6.07, 6.45) is 5.38. The topological polar surface area (TPSA) is 92.4 Å². The van der Waals surface area contributed by atoms with Crippen LogP contribution in [0.4, 0.5) is 0 Å². The second-order valence-corrected chi connectivity index (χ2v) is 9.65. The molecule has 1 aliphatic heterocycles. The van der Waals surface area contributed by atoms with Crippen molar-refractivity contribution >= 4 is 10.0 Å². The maximum Gasteiger partial charge on any atom is 0.244 e. The maximum atomic E-state index is 13.0. The van der Waals surface area contributed by atoms with Gasteiger partial charge in [-0.3, -0.25) is 9.88 Å². The molecule has 1 aliphatic rings. The van der Waals surface area contributed by atoms with Crippen LogP contribution in [0.1, 0.15) is 37.8 Å². The maximum absolute atomic E-state index is 13.0. The van der Waals surface area contributed by atoms with Gasteiger partial charge in [0.25, 0.3) is 0 Å². The van der Waals surface area contributed by atoms with Gasteiger partial charge in [0.2, 0.25) is 21.7 Å². The van der Waals surface area contributed by atoms with Crippen LogP contribution in [0.3, 0.4) is 0 Å². The molecule has 164 valence electrons. The number of piperazine rings is 1. The van der Waals surface area contributed by atoms with Crippen LogP contribution < -0.4 is 0 Å². The van der Waals surface area contributed by atoms with E-state index >= 15 is 0 Å². The van der Waals surface area contributed by atoms with E-state index in [1.165, 1.54) is 0 Å². The zero-order chi connectivity index (χ0) is 21.8. The van der Waals surface area contributed by atoms with E-state index in [9.17, 15) is 8.42 Å². The van der Waals surface area contributed by atoms with Crippen molar-refractivity contribution < 1.29 is 12.9 Å². The molecule has 3 aromatic rings. The van der Waals surface area contributed by atoms with Crippen molar-refractivity contribution in [1.82, 2.24) is 24.3 Å². The normalized spacial score (nSPS) is 17.0. The van der Waals surface area contributed by atoms with Gasteiger partial charge in [0.15, 0.2) is 0 Å². The van der Waals surface area contributed by atoms with E-state index in [0.717, 1.165) is 24.0 Å². The van der Waals surface area contributed by atoms with Crippen LogP contribution in [0.25, 0.3) is 11.4 Å². The standard InChI is InChI=1S/C22H27N5O3S/c1-3-5-18-7-9-20(10-8-18)31(28,29)27-14-12-26(13-15-27)17(2)22-24-21(25-30-22)19-6-4-11-23-16-19/h4,6-11,16-17H,3,5,12-15H2,1-2H3. The highest BCUT2D eigenvalue weighted by Gasteiger charge is 2.31. The molecule has 31 heavy (non-hydrogen) atoms. The molecule has 4 rings (SSSR count). The minimum Gasteiger partial charge on any atom is -0.337 e. The number of rotatable bonds is 7. The second-order valence-electron chi connectivity index (χ2n) is 7.71. The fourth-order valence-electron chi connectivity index (χ4n) is 3.77. The fourth-order valence-corrected chi connectivity index (χ4v) is 5.19. The Morgan fingerprint density at radius 2 is 1.84 bits per heavy atom. The van der Waals surface area contributed by atoms with Crippen LogP contribution in [0, 0.1) is 0 Å². The van der Waals surface area contributed by atoms with Crippen LogP contribution in [-0.4, -0.2) is 58.9 Å². The summed E-state index contributed by atoms with van der Waals surface area (Å²) in [5.74, 6) is 1.02. The van der Waals surface area contributed by atoms with Crippen LogP contribution >= 0.6 is 0 Å². The van der Waals surface area contributed by atoms with Gasteiger partial charge >= 0.3 is 0 Å². The van der Waals surface area contributed by atoms with Gasteiger partial charge in [-0.25, -0.2) is 8.42 Å². The van der Waals surface area contributed by atoms with Crippen LogP contribution in [0.5, 0.6) is 0 Å². The van der Waals surface area contributed by atoms with E-state index in [1.807, 2.05) is 31.2 Å². The second kappa shape index (κ2) is 9.25. The third-order valence-corrected chi connectivity index (χ3v) is 7.55. The van der Waals surface area contributed by atoms with Gasteiger partial charge in [-0.1, -0.05) is 30.6 Å². The molecule has 1 saturated heterocycles. The van der Waals surface area contributed by atoms with Gasteiger partial charge in [0, 0.05) is 44.1 Å². The Bertz CT molecular complexity index is 1090. The lowest BCUT2D eigenvalue weighted by Gasteiger charge is -2.36. The van der Waals surface area contributed by atoms with E-state index < -0.39 is 10.0 Å². The minimum atomic E-state index is -3.49. The number of aryl methyl sites for hydroxylation is 1. The lowest BCUT2D eigenvalue weighted by Crippen LogP contribution is -2.49. The van der Waals surface area contributed by atoms with Crippen LogP contribution in [0.2, 0.25) is 0 Å². The molecule has 9 heteroatoms. The molecule has 3 heterocycles. The van der Waals surface area contributed by atoms with Gasteiger partial charge in [-0.05, 0) is 43.2 Å². The smallest absolute Gasteiger partial charge is 0.244 e. The van der Waals surface area contributed by atoms with E-state index in [-0.39, 0.29) is 6.04 Å². The fraction of sp³-hybridized carbons (Fsp3) is 0.409. The lowest BCUT2D eigenvalue weighted by atomic mass is 10.1. The number of hydrogen-bond donors (Lipinski definition) is 0. The Morgan fingerprint density at radius 3 is 2.48 bits per heavy atom. The average Bonchev–Trinajstić information content (AvgIpc) is 3.30. The Hall–Kier alpha value is -2.62. The number of sulfonamides is 1. The first-order valence-corrected chi connectivity index (χ1v) is 12.0. The molecule has 0 spiro atoms. The van der Waals surface area contributed by atoms with Gasteiger partial charge in [0.1, 0.15) is 0 Å². The molecular formula is C22H27N5O3S. The quantitative estimate of drug-likeness (QED) is 0.556. The van der Waals surface area contributed by atoms with Gasteiger partial charge in [-0.15, -0.1) is 0 Å². The van der Waals surface area contributed by atoms with Crippen molar-refractivity contribution in [3.63, 3.8) is 0 Å². The molecule has 1 atom stereocenters. The molecule has 1 fully saturated rings. The summed E-state index contributed by atoms with van der Waals surface area (Å²) in [6, 6.07) is 10.8. The largest absolute Gasteiger partial charge is 0.337 e. The number of benzene rings is 1. The van der Waals surface area contributed by atoms with E-state index in [4.69, 9.17) is 4.52 Å². The van der Waals surface area contributed by atoms with Crippen molar-refractivity contribution in [1.29, 1.82) is 0 Å². The molecule has 0 N–H and O–H groups in total. The Kier molecular flexibility index (Phi) is 6.45. The summed E-state index contributed by atoms with van der Waals surface area (Å²) in [5.41, 5.74) is 1.95. The number of aromatic nitrogens is 3. The van der Waals surface area contributed by atoms with Crippen LogP contribution in [-0.2, 0) is 16.4 Å². The van der Waals surface area contributed by atoms with Crippen LogP contribution in [0.15, 0.2) is 58.2 Å². The molecule has 0 radical (unpaired) electrons. The average molecular weight is 442 g/mol. The SMILES string of the molecule is CCCc1ccc(S(=O)(=O)N2CCN(C(C)c3nc(-c4cccnc4)no3)CC2)cc1. The molecular weight excluding hydrogens is 414 g/mol. The first-order valence-electron chi connectivity index (χ1n) is 10.6. The molecule has 0 amide bonds. The first kappa shape index (κ1) is 21.6. The van der Waals surface area contributed by atoms with Crippen molar-refractivity contribution in [3.05, 3.63) is 60.2 Å². The highest BCUT2D eigenvalue weighted by atomic mass is 32.2. The zero-order valence-corrected chi connectivity index (χ0v) is 18.6. The highest BCUT2D eigenvalue weighted by molar-refractivity contribution is 7.89. The molecule has 1 aromatic carbocycles. The zero-order valence-electron chi connectivity index (χ0n) is 17.8. The molecule has 0 aliphatic carbocycles. The Morgan fingerprint density at radius 1 is 1.10 bits per heavy atom. The van der Waals surface area contributed by atoms with E-state index in [2.05, 4.69) is 26.9 Å². The van der Waals surface area contributed by atoms with Gasteiger partial charge in [0.05, 0.1) is 10.9 Å². The third-order valence-electron chi connectivity index (χ3n) is 5.64. The number of hydrogen-bond acceptors (Lipinski definition) is 7. The van der Waals surface area contributed by atoms with Crippen molar-refractivity contribution in [3.8, 4) is 11.4 Å². The molecule has 0 bridgehead atoms. The summed E-state index contributed by atoms with van der Waals surface area (Å²) >= 11 is 0. The minimum absolute atomic E-state index is 0.101. The van der Waals surface area contributed by atoms with E-state index in [1.54, 1.807) is 28.8 Å². The Labute approximate surface area is 183 Å². The van der Waals surface area contributed by atoms with Gasteiger partial charge in [-0.2, -0.15) is 9.29 Å². The summed E-state index contributed by atoms with van der Waals surface area (Å²) in [7, 11) is -3.49. The molecule has 0 saturated carbocycles.